The first-order chi connectivity index (χ1) is 7.43. The predicted molar refractivity (Wildman–Crippen MR) is 54.0 cm³/mol. The van der Waals surface area contributed by atoms with Crippen molar-refractivity contribution in [2.75, 3.05) is 0 Å². The molecule has 6 nitrogen and oxygen atoms in total. The first-order valence-corrected chi connectivity index (χ1v) is 4.44. The standard InChI is InChI=1S/C10H11NO5/c11-8(10(15)16)6-3-1-2-5(9(6)14)4-7(12)13/h1-3,8,14H,4,11H2,(H,12,13)(H,15,16)/t8-/m0/s1. The van der Waals surface area contributed by atoms with Crippen molar-refractivity contribution in [1.82, 2.24) is 0 Å². The Labute approximate surface area is 90.9 Å². The number of phenols is 1. The van der Waals surface area contributed by atoms with Crippen molar-refractivity contribution in [2.45, 2.75) is 12.5 Å². The summed E-state index contributed by atoms with van der Waals surface area (Å²) in [5.41, 5.74) is 5.48. The number of benzene rings is 1. The highest BCUT2D eigenvalue weighted by Crippen LogP contribution is 2.27. The molecule has 0 fully saturated rings. The van der Waals surface area contributed by atoms with Gasteiger partial charge in [0, 0.05) is 11.1 Å². The van der Waals surface area contributed by atoms with E-state index in [2.05, 4.69) is 0 Å². The number of para-hydroxylation sites is 1. The molecule has 5 N–H and O–H groups in total. The zero-order valence-corrected chi connectivity index (χ0v) is 8.25. The Morgan fingerprint density at radius 3 is 2.44 bits per heavy atom. The van der Waals surface area contributed by atoms with Gasteiger partial charge in [0.05, 0.1) is 6.42 Å². The Bertz CT molecular complexity index is 429. The van der Waals surface area contributed by atoms with Crippen LogP contribution in [-0.4, -0.2) is 27.3 Å². The zero-order valence-electron chi connectivity index (χ0n) is 8.25. The number of rotatable bonds is 4. The van der Waals surface area contributed by atoms with E-state index in [4.69, 9.17) is 15.9 Å². The van der Waals surface area contributed by atoms with Gasteiger partial charge in [-0.15, -0.1) is 0 Å². The van der Waals surface area contributed by atoms with E-state index in [-0.39, 0.29) is 23.3 Å². The lowest BCUT2D eigenvalue weighted by Gasteiger charge is -2.11. The van der Waals surface area contributed by atoms with Crippen LogP contribution < -0.4 is 5.73 Å². The van der Waals surface area contributed by atoms with Crippen molar-refractivity contribution in [3.63, 3.8) is 0 Å². The van der Waals surface area contributed by atoms with Crippen molar-refractivity contribution >= 4 is 11.9 Å². The Kier molecular flexibility index (Phi) is 3.47. The largest absolute Gasteiger partial charge is 0.507 e. The Morgan fingerprint density at radius 1 is 1.31 bits per heavy atom. The van der Waals surface area contributed by atoms with E-state index in [0.717, 1.165) is 0 Å². The third-order valence-corrected chi connectivity index (χ3v) is 2.09. The number of carbonyl (C=O) groups is 2. The number of carboxylic acid groups (broad SMARTS) is 2. The molecule has 0 aromatic heterocycles. The molecule has 0 bridgehead atoms. The molecule has 86 valence electrons. The molecule has 0 amide bonds. The van der Waals surface area contributed by atoms with Crippen LogP contribution in [0, 0.1) is 0 Å². The van der Waals surface area contributed by atoms with Crippen LogP contribution >= 0.6 is 0 Å². The Balaban J connectivity index is 3.13. The first-order valence-electron chi connectivity index (χ1n) is 4.44. The number of phenolic OH excluding ortho intramolecular Hbond substituents is 1. The van der Waals surface area contributed by atoms with Crippen LogP contribution in [0.15, 0.2) is 18.2 Å². The van der Waals surface area contributed by atoms with E-state index >= 15 is 0 Å². The normalized spacial score (nSPS) is 12.1. The molecule has 0 saturated heterocycles. The number of aliphatic carboxylic acids is 2. The van der Waals surface area contributed by atoms with Gasteiger partial charge in [-0.3, -0.25) is 9.59 Å². The van der Waals surface area contributed by atoms with Gasteiger partial charge in [-0.25, -0.2) is 0 Å². The second-order valence-electron chi connectivity index (χ2n) is 3.24. The second-order valence-corrected chi connectivity index (χ2v) is 3.24. The third-order valence-electron chi connectivity index (χ3n) is 2.09. The quantitative estimate of drug-likeness (QED) is 0.576. The molecule has 1 atom stereocenters. The molecule has 1 rings (SSSR count). The number of aromatic hydroxyl groups is 1. The number of hydrogen-bond donors (Lipinski definition) is 4. The summed E-state index contributed by atoms with van der Waals surface area (Å²) in [5, 5.41) is 26.9. The molecule has 16 heavy (non-hydrogen) atoms. The van der Waals surface area contributed by atoms with Gasteiger partial charge in [-0.1, -0.05) is 18.2 Å². The minimum Gasteiger partial charge on any atom is -0.507 e. The summed E-state index contributed by atoms with van der Waals surface area (Å²) in [7, 11) is 0. The van der Waals surface area contributed by atoms with Gasteiger partial charge < -0.3 is 21.1 Å². The van der Waals surface area contributed by atoms with E-state index in [9.17, 15) is 14.7 Å². The highest BCUT2D eigenvalue weighted by Gasteiger charge is 2.20. The van der Waals surface area contributed by atoms with E-state index in [1.54, 1.807) is 0 Å². The van der Waals surface area contributed by atoms with E-state index in [0.29, 0.717) is 0 Å². The Hall–Kier alpha value is -2.08. The van der Waals surface area contributed by atoms with Crippen molar-refractivity contribution in [3.8, 4) is 5.75 Å². The van der Waals surface area contributed by atoms with Crippen LogP contribution in [0.2, 0.25) is 0 Å². The molecule has 0 heterocycles. The maximum atomic E-state index is 10.6. The number of nitrogens with two attached hydrogens (primary N) is 1. The Morgan fingerprint density at radius 2 is 1.94 bits per heavy atom. The molecular formula is C10H11NO5. The van der Waals surface area contributed by atoms with Crippen LogP contribution in [0.4, 0.5) is 0 Å². The molecule has 0 spiro atoms. The fourth-order valence-corrected chi connectivity index (χ4v) is 1.30. The van der Waals surface area contributed by atoms with Gasteiger partial charge in [-0.2, -0.15) is 0 Å². The molecule has 0 saturated carbocycles. The predicted octanol–water partition coefficient (Wildman–Crippen LogP) is 0.104. The minimum atomic E-state index is -1.37. The lowest BCUT2D eigenvalue weighted by atomic mass is 10.0. The summed E-state index contributed by atoms with van der Waals surface area (Å²) in [6, 6.07) is 2.84. The molecule has 0 unspecified atom stereocenters. The molecule has 1 aromatic rings. The van der Waals surface area contributed by atoms with Crippen LogP contribution in [0.25, 0.3) is 0 Å². The summed E-state index contributed by atoms with van der Waals surface area (Å²) in [6.07, 6.45) is -0.383. The molecule has 1 aromatic carbocycles. The van der Waals surface area contributed by atoms with Crippen molar-refractivity contribution < 1.29 is 24.9 Å². The van der Waals surface area contributed by atoms with Crippen LogP contribution in [0.1, 0.15) is 17.2 Å². The molecular weight excluding hydrogens is 214 g/mol. The van der Waals surface area contributed by atoms with Crippen molar-refractivity contribution in [3.05, 3.63) is 29.3 Å². The van der Waals surface area contributed by atoms with Crippen LogP contribution in [0.5, 0.6) is 5.75 Å². The van der Waals surface area contributed by atoms with Crippen LogP contribution in [-0.2, 0) is 16.0 Å². The topological polar surface area (TPSA) is 121 Å². The molecule has 0 aliphatic carbocycles. The summed E-state index contributed by atoms with van der Waals surface area (Å²) < 4.78 is 0. The van der Waals surface area contributed by atoms with Gasteiger partial charge >= 0.3 is 11.9 Å². The monoisotopic (exact) mass is 225 g/mol. The summed E-state index contributed by atoms with van der Waals surface area (Å²) in [5.74, 6) is -2.78. The maximum absolute atomic E-state index is 10.6. The van der Waals surface area contributed by atoms with E-state index in [1.807, 2.05) is 0 Å². The second kappa shape index (κ2) is 4.63. The lowest BCUT2D eigenvalue weighted by Crippen LogP contribution is -2.21. The van der Waals surface area contributed by atoms with Gasteiger partial charge in [0.1, 0.15) is 11.8 Å². The lowest BCUT2D eigenvalue weighted by molar-refractivity contribution is -0.139. The van der Waals surface area contributed by atoms with Crippen LogP contribution in [0.3, 0.4) is 0 Å². The van der Waals surface area contributed by atoms with Crippen molar-refractivity contribution in [2.24, 2.45) is 5.73 Å². The highest BCUT2D eigenvalue weighted by atomic mass is 16.4. The van der Waals surface area contributed by atoms with E-state index in [1.165, 1.54) is 18.2 Å². The van der Waals surface area contributed by atoms with Gasteiger partial charge in [-0.05, 0) is 0 Å². The highest BCUT2D eigenvalue weighted by molar-refractivity contribution is 5.77. The average Bonchev–Trinajstić information content (AvgIpc) is 2.19. The molecule has 0 aliphatic rings. The average molecular weight is 225 g/mol. The zero-order chi connectivity index (χ0) is 12.3. The van der Waals surface area contributed by atoms with Crippen molar-refractivity contribution in [1.29, 1.82) is 0 Å². The summed E-state index contributed by atoms with van der Waals surface area (Å²) >= 11 is 0. The number of hydrogen-bond acceptors (Lipinski definition) is 4. The fraction of sp³-hybridized carbons (Fsp3) is 0.200. The van der Waals surface area contributed by atoms with Gasteiger partial charge in [0.15, 0.2) is 0 Å². The summed E-state index contributed by atoms with van der Waals surface area (Å²) in [4.78, 5) is 21.1. The van der Waals surface area contributed by atoms with Gasteiger partial charge in [0.2, 0.25) is 0 Å². The third kappa shape index (κ3) is 2.48. The minimum absolute atomic E-state index is 0.00579. The maximum Gasteiger partial charge on any atom is 0.325 e. The molecule has 6 heteroatoms. The molecule has 0 aliphatic heterocycles. The molecule has 0 radical (unpaired) electrons. The first kappa shape index (κ1) is 12.0. The fourth-order valence-electron chi connectivity index (χ4n) is 1.30. The smallest absolute Gasteiger partial charge is 0.325 e. The van der Waals surface area contributed by atoms with E-state index < -0.39 is 18.0 Å². The van der Waals surface area contributed by atoms with Gasteiger partial charge in [0.25, 0.3) is 0 Å². The SMILES string of the molecule is N[C@H](C(=O)O)c1cccc(CC(=O)O)c1O. The number of carboxylic acids is 2. The summed E-state index contributed by atoms with van der Waals surface area (Å²) in [6.45, 7) is 0.